The molecule has 0 bridgehead atoms. The van der Waals surface area contributed by atoms with Crippen molar-refractivity contribution < 1.29 is 18.6 Å². The monoisotopic (exact) mass is 743 g/mol. The van der Waals surface area contributed by atoms with Crippen LogP contribution in [0.15, 0.2) is 48.5 Å². The fraction of sp³-hybridized carbons (Fsp3) is 0.711. The molecule has 0 spiro atoms. The van der Waals surface area contributed by atoms with Crippen LogP contribution in [0, 0.1) is 0 Å². The van der Waals surface area contributed by atoms with E-state index in [0.29, 0.717) is 13.0 Å². The molecule has 0 unspecified atom stereocenters. The molecule has 0 aliphatic carbocycles. The highest BCUT2D eigenvalue weighted by Crippen LogP contribution is 2.53. The molecule has 0 atom stereocenters. The highest BCUT2D eigenvalue weighted by Gasteiger charge is 2.19. The van der Waals surface area contributed by atoms with Crippen LogP contribution in [0.25, 0.3) is 0 Å². The zero-order valence-electron chi connectivity index (χ0n) is 33.1. The van der Waals surface area contributed by atoms with E-state index in [9.17, 15) is 4.79 Å². The second-order valence-corrected chi connectivity index (χ2v) is 17.5. The van der Waals surface area contributed by atoms with E-state index in [1.165, 1.54) is 140 Å². The third-order valence-electron chi connectivity index (χ3n) is 9.62. The quantitative estimate of drug-likeness (QED) is 0.0400. The molecule has 0 radical (unpaired) electrons. The van der Waals surface area contributed by atoms with Crippen LogP contribution in [0.3, 0.4) is 0 Å². The molecular weight excluding hydrogens is 668 g/mol. The van der Waals surface area contributed by atoms with E-state index in [2.05, 4.69) is 69.3 Å². The van der Waals surface area contributed by atoms with Crippen molar-refractivity contribution in [2.75, 3.05) is 12.4 Å². The molecule has 2 aromatic rings. The van der Waals surface area contributed by atoms with Gasteiger partial charge in [-0.25, -0.2) is 0 Å². The second-order valence-electron chi connectivity index (χ2n) is 14.3. The van der Waals surface area contributed by atoms with Crippen molar-refractivity contribution >= 4 is 24.9 Å². The summed E-state index contributed by atoms with van der Waals surface area (Å²) in [6, 6.07) is 17.2. The second kappa shape index (κ2) is 32.9. The number of rotatable bonds is 35. The summed E-state index contributed by atoms with van der Waals surface area (Å²) in [7, 11) is -1.18. The molecule has 6 heteroatoms. The minimum atomic E-state index is -1.18. The average molecular weight is 743 g/mol. The first-order valence-corrected chi connectivity index (χ1v) is 24.0. The summed E-state index contributed by atoms with van der Waals surface area (Å²) in [5, 5.41) is 0. The van der Waals surface area contributed by atoms with Gasteiger partial charge in [-0.3, -0.25) is 4.79 Å². The molecule has 2 aromatic carbocycles. The van der Waals surface area contributed by atoms with Gasteiger partial charge < -0.3 is 13.8 Å². The lowest BCUT2D eigenvalue weighted by Crippen LogP contribution is -2.05. The molecule has 0 saturated heterocycles. The number of para-hydroxylation sites is 2. The lowest BCUT2D eigenvalue weighted by atomic mass is 10.0. The summed E-state index contributed by atoms with van der Waals surface area (Å²) in [5.41, 5.74) is 2.60. The Morgan fingerprint density at radius 2 is 0.922 bits per heavy atom. The Bertz CT molecular complexity index is 1030. The van der Waals surface area contributed by atoms with Crippen LogP contribution < -0.4 is 9.05 Å². The van der Waals surface area contributed by atoms with Crippen molar-refractivity contribution in [2.45, 2.75) is 194 Å². The third-order valence-corrected chi connectivity index (χ3v) is 12.6. The fourth-order valence-corrected chi connectivity index (χ4v) is 9.32. The van der Waals surface area contributed by atoms with Crippen molar-refractivity contribution in [1.82, 2.24) is 0 Å². The Morgan fingerprint density at radius 3 is 1.43 bits per heavy atom. The fourth-order valence-electron chi connectivity index (χ4n) is 6.38. The van der Waals surface area contributed by atoms with Crippen molar-refractivity contribution in [3.05, 3.63) is 59.7 Å². The Hall–Kier alpha value is -1.71. The van der Waals surface area contributed by atoms with Gasteiger partial charge in [0.05, 0.1) is 6.61 Å². The Kier molecular flexibility index (Phi) is 29.3. The molecule has 4 nitrogen and oxygen atoms in total. The van der Waals surface area contributed by atoms with Crippen LogP contribution in [0.2, 0.25) is 0 Å². The minimum Gasteiger partial charge on any atom is -0.466 e. The maximum atomic E-state index is 12.1. The van der Waals surface area contributed by atoms with Gasteiger partial charge in [0.2, 0.25) is 0 Å². The molecule has 0 aliphatic heterocycles. The summed E-state index contributed by atoms with van der Waals surface area (Å²) in [6.45, 7) is 7.38. The van der Waals surface area contributed by atoms with Crippen LogP contribution in [-0.4, -0.2) is 18.3 Å². The number of hydrogen-bond acceptors (Lipinski definition) is 5. The molecule has 0 fully saturated rings. The third kappa shape index (κ3) is 24.3. The molecule has 290 valence electrons. The maximum Gasteiger partial charge on any atom is 0.360 e. The normalized spacial score (nSPS) is 11.3. The summed E-state index contributed by atoms with van der Waals surface area (Å²) < 4.78 is 19.0. The molecule has 0 amide bonds. The summed E-state index contributed by atoms with van der Waals surface area (Å²) in [5.74, 6) is 2.98. The Balaban J connectivity index is 1.82. The van der Waals surface area contributed by atoms with Crippen LogP contribution in [-0.2, 0) is 22.4 Å². The van der Waals surface area contributed by atoms with E-state index < -0.39 is 7.58 Å². The summed E-state index contributed by atoms with van der Waals surface area (Å²) >= 11 is 1.85. The lowest BCUT2D eigenvalue weighted by Gasteiger charge is -2.21. The molecule has 0 heterocycles. The van der Waals surface area contributed by atoms with Gasteiger partial charge >= 0.3 is 13.5 Å². The molecule has 0 saturated carbocycles. The Labute approximate surface area is 320 Å². The van der Waals surface area contributed by atoms with Gasteiger partial charge in [0, 0.05) is 12.2 Å². The van der Waals surface area contributed by atoms with Gasteiger partial charge in [0.15, 0.2) is 0 Å². The summed E-state index contributed by atoms with van der Waals surface area (Å²) in [4.78, 5) is 12.1. The lowest BCUT2D eigenvalue weighted by molar-refractivity contribution is -0.143. The van der Waals surface area contributed by atoms with Gasteiger partial charge in [-0.15, -0.1) is 0 Å². The number of benzene rings is 2. The van der Waals surface area contributed by atoms with Gasteiger partial charge in [-0.1, -0.05) is 179 Å². The number of unbranched alkanes of at least 4 members (excludes halogenated alkanes) is 20. The van der Waals surface area contributed by atoms with Crippen LogP contribution in [0.5, 0.6) is 11.5 Å². The number of carbonyl (C=O) groups is 1. The topological polar surface area (TPSA) is 44.8 Å². The van der Waals surface area contributed by atoms with Crippen LogP contribution in [0.4, 0.5) is 0 Å². The van der Waals surface area contributed by atoms with E-state index in [4.69, 9.17) is 13.8 Å². The van der Waals surface area contributed by atoms with Crippen LogP contribution in [0.1, 0.15) is 192 Å². The van der Waals surface area contributed by atoms with E-state index in [1.807, 2.05) is 11.4 Å². The predicted octanol–water partition coefficient (Wildman–Crippen LogP) is 15.5. The standard InChI is InChI=1S/C45H75O4PS/c1-4-7-10-13-18-23-32-41-34-26-28-36-43(41)48-50(49-44-37-29-27-35-42(44)33-24-19-14-11-8-5-2)51-40-31-22-17-16-20-25-38-45(46)47-39-30-21-15-12-9-6-3/h26-29,34-37H,4-25,30-33,38-40H2,1-3H3. The van der Waals surface area contributed by atoms with Gasteiger partial charge in [0.1, 0.15) is 11.5 Å². The molecular formula is C45H75O4PS. The highest BCUT2D eigenvalue weighted by molar-refractivity contribution is 8.53. The minimum absolute atomic E-state index is 0.0181. The summed E-state index contributed by atoms with van der Waals surface area (Å²) in [6.07, 6.45) is 32.3. The zero-order valence-corrected chi connectivity index (χ0v) is 34.8. The number of hydrogen-bond donors (Lipinski definition) is 0. The molecule has 0 aliphatic rings. The maximum absolute atomic E-state index is 12.1. The van der Waals surface area contributed by atoms with Crippen molar-refractivity contribution in [3.63, 3.8) is 0 Å². The van der Waals surface area contributed by atoms with Gasteiger partial charge in [-0.2, -0.15) is 0 Å². The highest BCUT2D eigenvalue weighted by atomic mass is 32.7. The first-order chi connectivity index (χ1) is 25.2. The first kappa shape index (κ1) is 45.4. The zero-order chi connectivity index (χ0) is 36.5. The van der Waals surface area contributed by atoms with E-state index >= 15 is 0 Å². The van der Waals surface area contributed by atoms with Crippen molar-refractivity contribution in [1.29, 1.82) is 0 Å². The molecule has 51 heavy (non-hydrogen) atoms. The van der Waals surface area contributed by atoms with E-state index in [-0.39, 0.29) is 5.97 Å². The smallest absolute Gasteiger partial charge is 0.360 e. The average Bonchev–Trinajstić information content (AvgIpc) is 3.14. The van der Waals surface area contributed by atoms with Crippen molar-refractivity contribution in [2.24, 2.45) is 0 Å². The number of aryl methyl sites for hydroxylation is 2. The van der Waals surface area contributed by atoms with Gasteiger partial charge in [-0.05, 0) is 79.6 Å². The number of ether oxygens (including phenoxy) is 1. The molecule has 2 rings (SSSR count). The van der Waals surface area contributed by atoms with Crippen LogP contribution >= 0.6 is 19.0 Å². The largest absolute Gasteiger partial charge is 0.466 e. The molecule has 0 N–H and O–H groups in total. The SMILES string of the molecule is CCCCCCCCOC(=O)CCCCCCCCSP(Oc1ccccc1CCCCCCCC)Oc1ccccc1CCCCCCCC. The molecule has 0 aromatic heterocycles. The Morgan fingerprint density at radius 1 is 0.510 bits per heavy atom. The van der Waals surface area contributed by atoms with E-state index in [1.54, 1.807) is 0 Å². The predicted molar refractivity (Wildman–Crippen MR) is 224 cm³/mol. The van der Waals surface area contributed by atoms with E-state index in [0.717, 1.165) is 55.8 Å². The van der Waals surface area contributed by atoms with Crippen molar-refractivity contribution in [3.8, 4) is 11.5 Å². The number of carbonyl (C=O) groups excluding carboxylic acids is 1. The number of esters is 1. The van der Waals surface area contributed by atoms with Gasteiger partial charge in [0.25, 0.3) is 0 Å². The first-order valence-electron chi connectivity index (χ1n) is 21.3.